The average molecular weight is 257 g/mol. The molecule has 0 spiro atoms. The lowest BCUT2D eigenvalue weighted by Crippen LogP contribution is -2.48. The first-order chi connectivity index (χ1) is 8.48. The molecule has 0 aliphatic carbocycles. The molecule has 0 bridgehead atoms. The molecule has 1 heterocycles. The molecule has 0 aromatic carbocycles. The van der Waals surface area contributed by atoms with E-state index in [1.807, 2.05) is 0 Å². The largest absolute Gasteiger partial charge is 0.480 e. The topological polar surface area (TPSA) is 55.8 Å². The van der Waals surface area contributed by atoms with Crippen LogP contribution in [0.2, 0.25) is 0 Å². The molecular weight excluding hydrogens is 230 g/mol. The molecule has 5 nitrogen and oxygen atoms in total. The van der Waals surface area contributed by atoms with Crippen molar-refractivity contribution in [3.63, 3.8) is 0 Å². The minimum atomic E-state index is -0.789. The zero-order valence-electron chi connectivity index (χ0n) is 11.9. The standard InChI is InChI=1S/C13H27N3O2/c1-13(14-2,12(17)18)6-4-8-16-9-5-7-15(3)10-11-16/h14H,4-11H2,1-3H3,(H,17,18). The Balaban J connectivity index is 2.30. The number of nitrogens with zero attached hydrogens (tertiary/aromatic N) is 2. The van der Waals surface area contributed by atoms with E-state index in [0.717, 1.165) is 32.6 Å². The van der Waals surface area contributed by atoms with Crippen molar-refractivity contribution in [1.29, 1.82) is 0 Å². The molecule has 1 fully saturated rings. The molecule has 0 saturated carbocycles. The number of rotatable bonds is 6. The summed E-state index contributed by atoms with van der Waals surface area (Å²) >= 11 is 0. The van der Waals surface area contributed by atoms with Gasteiger partial charge in [-0.1, -0.05) is 0 Å². The monoisotopic (exact) mass is 257 g/mol. The van der Waals surface area contributed by atoms with E-state index >= 15 is 0 Å². The third-order valence-corrected chi connectivity index (χ3v) is 3.99. The molecule has 106 valence electrons. The molecule has 0 amide bonds. The lowest BCUT2D eigenvalue weighted by molar-refractivity contribution is -0.144. The van der Waals surface area contributed by atoms with E-state index in [4.69, 9.17) is 5.11 Å². The number of carbonyl (C=O) groups is 1. The van der Waals surface area contributed by atoms with Crippen LogP contribution in [-0.4, -0.2) is 73.2 Å². The number of aliphatic carboxylic acids is 1. The third-order valence-electron chi connectivity index (χ3n) is 3.99. The van der Waals surface area contributed by atoms with E-state index < -0.39 is 11.5 Å². The Morgan fingerprint density at radius 1 is 1.33 bits per heavy atom. The van der Waals surface area contributed by atoms with Gasteiger partial charge < -0.3 is 20.2 Å². The highest BCUT2D eigenvalue weighted by molar-refractivity contribution is 5.78. The normalized spacial score (nSPS) is 22.4. The van der Waals surface area contributed by atoms with Crippen molar-refractivity contribution in [2.75, 3.05) is 46.8 Å². The van der Waals surface area contributed by atoms with Gasteiger partial charge in [-0.25, -0.2) is 0 Å². The first-order valence-electron chi connectivity index (χ1n) is 6.81. The minimum absolute atomic E-state index is 0.672. The molecule has 1 unspecified atom stereocenters. The van der Waals surface area contributed by atoms with Gasteiger partial charge in [-0.15, -0.1) is 0 Å². The SMILES string of the molecule is CNC(C)(CCCN1CCCN(C)CC1)C(=O)O. The fourth-order valence-electron chi connectivity index (χ4n) is 2.32. The van der Waals surface area contributed by atoms with Crippen LogP contribution in [0, 0.1) is 0 Å². The second-order valence-corrected chi connectivity index (χ2v) is 5.49. The highest BCUT2D eigenvalue weighted by atomic mass is 16.4. The van der Waals surface area contributed by atoms with E-state index in [-0.39, 0.29) is 0 Å². The number of nitrogens with one attached hydrogen (secondary N) is 1. The van der Waals surface area contributed by atoms with Crippen LogP contribution in [0.3, 0.4) is 0 Å². The van der Waals surface area contributed by atoms with Gasteiger partial charge in [0.2, 0.25) is 0 Å². The lowest BCUT2D eigenvalue weighted by atomic mass is 9.96. The number of carboxylic acid groups (broad SMARTS) is 1. The molecular formula is C13H27N3O2. The summed E-state index contributed by atoms with van der Waals surface area (Å²) < 4.78 is 0. The maximum atomic E-state index is 11.1. The average Bonchev–Trinajstić information content (AvgIpc) is 2.54. The summed E-state index contributed by atoms with van der Waals surface area (Å²) in [5.74, 6) is -0.763. The molecule has 1 saturated heterocycles. The fraction of sp³-hybridized carbons (Fsp3) is 0.923. The highest BCUT2D eigenvalue weighted by Gasteiger charge is 2.30. The summed E-state index contributed by atoms with van der Waals surface area (Å²) in [4.78, 5) is 16.0. The van der Waals surface area contributed by atoms with Crippen molar-refractivity contribution < 1.29 is 9.90 Å². The van der Waals surface area contributed by atoms with E-state index in [9.17, 15) is 4.79 Å². The molecule has 1 atom stereocenters. The number of hydrogen-bond acceptors (Lipinski definition) is 4. The Bertz CT molecular complexity index is 273. The molecule has 0 aromatic rings. The predicted octanol–water partition coefficient (Wildman–Crippen LogP) is 0.467. The van der Waals surface area contributed by atoms with E-state index in [2.05, 4.69) is 22.2 Å². The van der Waals surface area contributed by atoms with Gasteiger partial charge in [0.1, 0.15) is 5.54 Å². The molecule has 0 radical (unpaired) electrons. The second kappa shape index (κ2) is 7.07. The summed E-state index contributed by atoms with van der Waals surface area (Å²) in [6.45, 7) is 7.26. The zero-order valence-corrected chi connectivity index (χ0v) is 11.9. The van der Waals surface area contributed by atoms with Crippen LogP contribution < -0.4 is 5.32 Å². The molecule has 2 N–H and O–H groups in total. The smallest absolute Gasteiger partial charge is 0.323 e. The summed E-state index contributed by atoms with van der Waals surface area (Å²) in [5.41, 5.74) is -0.789. The van der Waals surface area contributed by atoms with Gasteiger partial charge in [-0.05, 0) is 59.9 Å². The van der Waals surface area contributed by atoms with Crippen LogP contribution in [0.15, 0.2) is 0 Å². The molecule has 5 heteroatoms. The summed E-state index contributed by atoms with van der Waals surface area (Å²) in [5, 5.41) is 12.1. The van der Waals surface area contributed by atoms with E-state index in [1.54, 1.807) is 14.0 Å². The van der Waals surface area contributed by atoms with Gasteiger partial charge in [0.25, 0.3) is 0 Å². The van der Waals surface area contributed by atoms with Gasteiger partial charge in [0.15, 0.2) is 0 Å². The van der Waals surface area contributed by atoms with Gasteiger partial charge >= 0.3 is 5.97 Å². The van der Waals surface area contributed by atoms with Crippen LogP contribution in [0.4, 0.5) is 0 Å². The Morgan fingerprint density at radius 2 is 2.06 bits per heavy atom. The molecule has 1 aliphatic rings. The highest BCUT2D eigenvalue weighted by Crippen LogP contribution is 2.13. The Kier molecular flexibility index (Phi) is 6.05. The van der Waals surface area contributed by atoms with Crippen LogP contribution >= 0.6 is 0 Å². The van der Waals surface area contributed by atoms with Crippen molar-refractivity contribution in [2.24, 2.45) is 0 Å². The molecule has 18 heavy (non-hydrogen) atoms. The van der Waals surface area contributed by atoms with Gasteiger partial charge in [-0.2, -0.15) is 0 Å². The summed E-state index contributed by atoms with van der Waals surface area (Å²) in [7, 11) is 3.88. The fourth-order valence-corrected chi connectivity index (χ4v) is 2.32. The van der Waals surface area contributed by atoms with Crippen LogP contribution in [-0.2, 0) is 4.79 Å². The summed E-state index contributed by atoms with van der Waals surface area (Å²) in [6.07, 6.45) is 2.80. The van der Waals surface area contributed by atoms with Crippen molar-refractivity contribution in [3.05, 3.63) is 0 Å². The molecule has 0 aromatic heterocycles. The van der Waals surface area contributed by atoms with E-state index in [0.29, 0.717) is 6.42 Å². The lowest BCUT2D eigenvalue weighted by Gasteiger charge is -2.26. The van der Waals surface area contributed by atoms with E-state index in [1.165, 1.54) is 13.0 Å². The van der Waals surface area contributed by atoms with Crippen LogP contribution in [0.5, 0.6) is 0 Å². The number of carboxylic acids is 1. The van der Waals surface area contributed by atoms with Crippen molar-refractivity contribution in [2.45, 2.75) is 31.7 Å². The van der Waals surface area contributed by atoms with Crippen LogP contribution in [0.25, 0.3) is 0 Å². The minimum Gasteiger partial charge on any atom is -0.480 e. The maximum absolute atomic E-state index is 11.1. The second-order valence-electron chi connectivity index (χ2n) is 5.49. The van der Waals surface area contributed by atoms with Crippen LogP contribution in [0.1, 0.15) is 26.2 Å². The first-order valence-corrected chi connectivity index (χ1v) is 6.81. The third kappa shape index (κ3) is 4.55. The Morgan fingerprint density at radius 3 is 2.67 bits per heavy atom. The quantitative estimate of drug-likeness (QED) is 0.724. The number of hydrogen-bond donors (Lipinski definition) is 2. The predicted molar refractivity (Wildman–Crippen MR) is 72.9 cm³/mol. The maximum Gasteiger partial charge on any atom is 0.323 e. The van der Waals surface area contributed by atoms with Gasteiger partial charge in [-0.3, -0.25) is 4.79 Å². The van der Waals surface area contributed by atoms with Crippen molar-refractivity contribution >= 4 is 5.97 Å². The first kappa shape index (κ1) is 15.4. The Hall–Kier alpha value is -0.650. The molecule has 1 rings (SSSR count). The summed E-state index contributed by atoms with van der Waals surface area (Å²) in [6, 6.07) is 0. The van der Waals surface area contributed by atoms with Crippen molar-refractivity contribution in [3.8, 4) is 0 Å². The van der Waals surface area contributed by atoms with Gasteiger partial charge in [0, 0.05) is 13.1 Å². The van der Waals surface area contributed by atoms with Gasteiger partial charge in [0.05, 0.1) is 0 Å². The Labute approximate surface area is 110 Å². The molecule has 1 aliphatic heterocycles. The van der Waals surface area contributed by atoms with Crippen molar-refractivity contribution in [1.82, 2.24) is 15.1 Å². The number of likely N-dealkylation sites (N-methyl/N-ethyl adjacent to an activating group) is 2. The zero-order chi connectivity index (χ0) is 13.6.